The summed E-state index contributed by atoms with van der Waals surface area (Å²) in [4.78, 5) is 11.4. The van der Waals surface area contributed by atoms with Crippen LogP contribution < -0.4 is 14.2 Å². The Morgan fingerprint density at radius 1 is 1.22 bits per heavy atom. The average Bonchev–Trinajstić information content (AvgIpc) is 3.13. The van der Waals surface area contributed by atoms with Crippen LogP contribution in [0.25, 0.3) is 0 Å². The molecular weight excluding hydrogens is 376 g/mol. The van der Waals surface area contributed by atoms with Crippen molar-refractivity contribution >= 4 is 16.1 Å². The van der Waals surface area contributed by atoms with Crippen LogP contribution >= 0.6 is 0 Å². The Balaban J connectivity index is 0.000000313. The lowest BCUT2D eigenvalue weighted by Crippen LogP contribution is -2.36. The fourth-order valence-corrected chi connectivity index (χ4v) is 3.10. The molecule has 0 bridgehead atoms. The molecule has 0 saturated heterocycles. The molecular formula is C17H22N2O7S. The van der Waals surface area contributed by atoms with Gasteiger partial charge in [0.1, 0.15) is 16.3 Å². The van der Waals surface area contributed by atoms with Crippen molar-refractivity contribution in [3.05, 3.63) is 35.7 Å². The number of hydrogen-bond donors (Lipinski definition) is 1. The molecule has 10 heteroatoms. The Labute approximate surface area is 157 Å². The molecule has 1 amide bonds. The Bertz CT molecular complexity index is 897. The van der Waals surface area contributed by atoms with Gasteiger partial charge in [0.05, 0.1) is 5.69 Å². The van der Waals surface area contributed by atoms with E-state index in [1.807, 2.05) is 24.6 Å². The van der Waals surface area contributed by atoms with E-state index < -0.39 is 21.7 Å². The monoisotopic (exact) mass is 398 g/mol. The van der Waals surface area contributed by atoms with Gasteiger partial charge in [0.2, 0.25) is 6.79 Å². The van der Waals surface area contributed by atoms with E-state index in [4.69, 9.17) is 18.7 Å². The summed E-state index contributed by atoms with van der Waals surface area (Å²) < 4.78 is 45.9. The van der Waals surface area contributed by atoms with Crippen LogP contribution in [0.1, 0.15) is 32.2 Å². The third-order valence-electron chi connectivity index (χ3n) is 3.01. The molecule has 0 radical (unpaired) electrons. The van der Waals surface area contributed by atoms with Crippen molar-refractivity contribution in [2.24, 2.45) is 0 Å². The van der Waals surface area contributed by atoms with E-state index >= 15 is 0 Å². The molecule has 148 valence electrons. The lowest BCUT2D eigenvalue weighted by atomic mass is 10.2. The van der Waals surface area contributed by atoms with Crippen LogP contribution in [0.2, 0.25) is 0 Å². The number of hydrogen-bond acceptors (Lipinski definition) is 8. The molecule has 2 heterocycles. The van der Waals surface area contributed by atoms with E-state index in [0.717, 1.165) is 11.5 Å². The predicted octanol–water partition coefficient (Wildman–Crippen LogP) is 2.92. The highest BCUT2D eigenvalue weighted by Crippen LogP contribution is 2.37. The van der Waals surface area contributed by atoms with Crippen molar-refractivity contribution in [3.8, 4) is 11.5 Å². The average molecular weight is 398 g/mol. The lowest BCUT2D eigenvalue weighted by Gasteiger charge is -2.19. The summed E-state index contributed by atoms with van der Waals surface area (Å²) in [6.45, 7) is 8.62. The number of nitrogens with zero attached hydrogens (tertiary/aromatic N) is 1. The van der Waals surface area contributed by atoms with Crippen LogP contribution in [0.3, 0.4) is 0 Å². The number of benzene rings is 1. The Morgan fingerprint density at radius 3 is 2.44 bits per heavy atom. The molecule has 1 aromatic carbocycles. The Hall–Kier alpha value is -2.75. The van der Waals surface area contributed by atoms with E-state index in [9.17, 15) is 13.2 Å². The van der Waals surface area contributed by atoms with Gasteiger partial charge in [-0.2, -0.15) is 0 Å². The molecule has 2 aromatic rings. The quantitative estimate of drug-likeness (QED) is 0.821. The second-order valence-corrected chi connectivity index (χ2v) is 8.33. The van der Waals surface area contributed by atoms with E-state index in [0.29, 0.717) is 5.75 Å². The number of aryl methyl sites for hydroxylation is 2. The number of aromatic nitrogens is 1. The van der Waals surface area contributed by atoms with Crippen LogP contribution in [-0.4, -0.2) is 32.1 Å². The van der Waals surface area contributed by atoms with Gasteiger partial charge in [0.25, 0.3) is 10.0 Å². The van der Waals surface area contributed by atoms with Crippen LogP contribution in [-0.2, 0) is 14.8 Å². The summed E-state index contributed by atoms with van der Waals surface area (Å²) in [5.41, 5.74) is 0.148. The number of para-hydroxylation sites is 1. The molecule has 0 saturated carbocycles. The molecule has 0 aliphatic carbocycles. The third-order valence-corrected chi connectivity index (χ3v) is 4.35. The molecule has 1 aromatic heterocycles. The Kier molecular flexibility index (Phi) is 5.99. The zero-order valence-electron chi connectivity index (χ0n) is 15.7. The second-order valence-electron chi connectivity index (χ2n) is 6.68. The van der Waals surface area contributed by atoms with Gasteiger partial charge in [0, 0.05) is 6.07 Å². The molecule has 9 nitrogen and oxygen atoms in total. The maximum Gasteiger partial charge on any atom is 0.421 e. The minimum absolute atomic E-state index is 0.0612. The molecule has 3 rings (SSSR count). The van der Waals surface area contributed by atoms with Gasteiger partial charge in [-0.1, -0.05) is 11.2 Å². The second kappa shape index (κ2) is 7.87. The lowest BCUT2D eigenvalue weighted by molar-refractivity contribution is 0.0570. The standard InChI is InChI=1S/C12H15NO6S.C5H7NO/c1-12(2,3)19-11(14)13-20(15,16)9-6-4-5-8-10(9)18-7-17-8;1-4-3-5(2)7-6-4/h4-6H,7H2,1-3H3,(H,13,14);3H,1-2H3. The number of rotatable bonds is 2. The summed E-state index contributed by atoms with van der Waals surface area (Å²) in [5.74, 6) is 1.28. The number of fused-ring (bicyclic) bond motifs is 1. The maximum atomic E-state index is 12.1. The van der Waals surface area contributed by atoms with Gasteiger partial charge in [-0.25, -0.2) is 17.9 Å². The van der Waals surface area contributed by atoms with Gasteiger partial charge < -0.3 is 18.7 Å². The largest absolute Gasteiger partial charge is 0.454 e. The van der Waals surface area contributed by atoms with Crippen LogP contribution in [0.4, 0.5) is 4.79 Å². The van der Waals surface area contributed by atoms with E-state index in [1.165, 1.54) is 12.1 Å². The van der Waals surface area contributed by atoms with Crippen molar-refractivity contribution in [1.82, 2.24) is 9.88 Å². The highest BCUT2D eigenvalue weighted by atomic mass is 32.2. The highest BCUT2D eigenvalue weighted by Gasteiger charge is 2.29. The van der Waals surface area contributed by atoms with Gasteiger partial charge >= 0.3 is 6.09 Å². The zero-order chi connectivity index (χ0) is 20.2. The first-order valence-corrected chi connectivity index (χ1v) is 9.50. The first-order valence-electron chi connectivity index (χ1n) is 8.02. The molecule has 0 spiro atoms. The number of carbonyl (C=O) groups is 1. The fourth-order valence-electron chi connectivity index (χ4n) is 2.07. The SMILES string of the molecule is CC(C)(C)OC(=O)NS(=O)(=O)c1cccc2c1OCO2.Cc1cc(C)on1. The predicted molar refractivity (Wildman–Crippen MR) is 95.1 cm³/mol. The smallest absolute Gasteiger partial charge is 0.421 e. The van der Waals surface area contributed by atoms with Crippen LogP contribution in [0.15, 0.2) is 33.7 Å². The van der Waals surface area contributed by atoms with Crippen LogP contribution in [0.5, 0.6) is 11.5 Å². The topological polar surface area (TPSA) is 117 Å². The molecule has 1 aliphatic heterocycles. The van der Waals surface area contributed by atoms with Crippen molar-refractivity contribution in [3.63, 3.8) is 0 Å². The van der Waals surface area contributed by atoms with Gasteiger partial charge in [0.15, 0.2) is 11.5 Å². The summed E-state index contributed by atoms with van der Waals surface area (Å²) in [6, 6.07) is 6.28. The summed E-state index contributed by atoms with van der Waals surface area (Å²) in [6.07, 6.45) is -1.05. The third kappa shape index (κ3) is 5.88. The first-order chi connectivity index (χ1) is 12.5. The van der Waals surface area contributed by atoms with Gasteiger partial charge in [-0.3, -0.25) is 0 Å². The van der Waals surface area contributed by atoms with E-state index in [2.05, 4.69) is 5.16 Å². The molecule has 1 aliphatic rings. The zero-order valence-corrected chi connectivity index (χ0v) is 16.5. The fraction of sp³-hybridized carbons (Fsp3) is 0.412. The minimum atomic E-state index is -4.09. The van der Waals surface area contributed by atoms with Gasteiger partial charge in [-0.15, -0.1) is 0 Å². The maximum absolute atomic E-state index is 12.1. The van der Waals surface area contributed by atoms with Gasteiger partial charge in [-0.05, 0) is 46.8 Å². The number of sulfonamides is 1. The van der Waals surface area contributed by atoms with E-state index in [1.54, 1.807) is 26.8 Å². The molecule has 27 heavy (non-hydrogen) atoms. The number of nitrogens with one attached hydrogen (secondary N) is 1. The van der Waals surface area contributed by atoms with Crippen molar-refractivity contribution in [1.29, 1.82) is 0 Å². The summed E-state index contributed by atoms with van der Waals surface area (Å²) >= 11 is 0. The van der Waals surface area contributed by atoms with Crippen LogP contribution in [0, 0.1) is 13.8 Å². The molecule has 1 N–H and O–H groups in total. The van der Waals surface area contributed by atoms with E-state index in [-0.39, 0.29) is 17.4 Å². The van der Waals surface area contributed by atoms with Crippen molar-refractivity contribution in [2.75, 3.05) is 6.79 Å². The number of carbonyl (C=O) groups excluding carboxylic acids is 1. The molecule has 0 unspecified atom stereocenters. The molecule has 0 atom stereocenters. The minimum Gasteiger partial charge on any atom is -0.454 e. The number of amides is 1. The van der Waals surface area contributed by atoms with Crippen molar-refractivity contribution < 1.29 is 31.9 Å². The summed E-state index contributed by atoms with van der Waals surface area (Å²) in [5, 5.41) is 3.64. The number of ether oxygens (including phenoxy) is 3. The summed E-state index contributed by atoms with van der Waals surface area (Å²) in [7, 11) is -4.09. The highest BCUT2D eigenvalue weighted by molar-refractivity contribution is 7.90. The first kappa shape index (κ1) is 20.6. The normalized spacial score (nSPS) is 12.8. The van der Waals surface area contributed by atoms with Crippen molar-refractivity contribution in [2.45, 2.75) is 45.1 Å². The Morgan fingerprint density at radius 2 is 1.93 bits per heavy atom. The molecule has 0 fully saturated rings.